The van der Waals surface area contributed by atoms with Crippen molar-refractivity contribution in [2.24, 2.45) is 17.6 Å². The Labute approximate surface area is 157 Å². The van der Waals surface area contributed by atoms with Crippen LogP contribution in [-0.2, 0) is 24.0 Å². The molecule has 0 unspecified atom stereocenters. The Hall–Kier alpha value is -2.49. The van der Waals surface area contributed by atoms with E-state index in [-0.39, 0.29) is 25.3 Å². The van der Waals surface area contributed by atoms with Crippen molar-refractivity contribution < 1.29 is 34.2 Å². The molecule has 0 bridgehead atoms. The number of nitrogens with two attached hydrogens (primary N) is 1. The second-order valence-corrected chi connectivity index (χ2v) is 7.21. The number of carbonyl (C=O) groups is 5. The number of carboxylic acids is 2. The monoisotopic (exact) mass is 385 g/mol. The van der Waals surface area contributed by atoms with E-state index >= 15 is 0 Å². The summed E-state index contributed by atoms with van der Waals surface area (Å²) in [7, 11) is 0. The van der Waals surface area contributed by atoms with Gasteiger partial charge in [-0.1, -0.05) is 13.8 Å². The van der Waals surface area contributed by atoms with Crippen LogP contribution in [0.2, 0.25) is 0 Å². The quantitative estimate of drug-likeness (QED) is 0.355. The van der Waals surface area contributed by atoms with Gasteiger partial charge in [0, 0.05) is 6.54 Å². The van der Waals surface area contributed by atoms with E-state index in [1.807, 2.05) is 13.8 Å². The van der Waals surface area contributed by atoms with Gasteiger partial charge in [-0.3, -0.25) is 19.2 Å². The lowest BCUT2D eigenvalue weighted by Gasteiger charge is -2.26. The Morgan fingerprint density at radius 2 is 1.81 bits per heavy atom. The first-order valence-electron chi connectivity index (χ1n) is 8.80. The molecule has 0 aliphatic carbocycles. The summed E-state index contributed by atoms with van der Waals surface area (Å²) in [5, 5.41) is 20.7. The number of hydrogen-bond donors (Lipinski definition) is 4. The number of ketones is 1. The van der Waals surface area contributed by atoms with Crippen molar-refractivity contribution in [3.8, 4) is 0 Å². The Morgan fingerprint density at radius 3 is 2.26 bits per heavy atom. The summed E-state index contributed by atoms with van der Waals surface area (Å²) in [6.07, 6.45) is -0.374. The molecular formula is C17H27N3O7. The smallest absolute Gasteiger partial charge is 0.326 e. The number of rotatable bonds is 10. The van der Waals surface area contributed by atoms with Crippen LogP contribution >= 0.6 is 0 Å². The third-order valence-electron chi connectivity index (χ3n) is 4.39. The summed E-state index contributed by atoms with van der Waals surface area (Å²) >= 11 is 0. The van der Waals surface area contributed by atoms with Crippen LogP contribution in [0.25, 0.3) is 0 Å². The summed E-state index contributed by atoms with van der Waals surface area (Å²) in [5.74, 6) is -5.73. The Kier molecular flexibility index (Phi) is 7.89. The maximum atomic E-state index is 12.7. The summed E-state index contributed by atoms with van der Waals surface area (Å²) in [6.45, 7) is 5.11. The second kappa shape index (κ2) is 9.45. The van der Waals surface area contributed by atoms with Gasteiger partial charge < -0.3 is 26.2 Å². The van der Waals surface area contributed by atoms with Crippen LogP contribution in [-0.4, -0.2) is 69.3 Å². The zero-order valence-electron chi connectivity index (χ0n) is 15.7. The zero-order valence-corrected chi connectivity index (χ0v) is 15.7. The van der Waals surface area contributed by atoms with Gasteiger partial charge >= 0.3 is 11.9 Å². The van der Waals surface area contributed by atoms with Gasteiger partial charge in [0.05, 0.1) is 18.5 Å². The molecule has 27 heavy (non-hydrogen) atoms. The van der Waals surface area contributed by atoms with Crippen LogP contribution in [0.15, 0.2) is 0 Å². The van der Waals surface area contributed by atoms with E-state index in [2.05, 4.69) is 5.32 Å². The molecule has 0 spiro atoms. The van der Waals surface area contributed by atoms with E-state index in [0.29, 0.717) is 0 Å². The van der Waals surface area contributed by atoms with Crippen molar-refractivity contribution >= 4 is 29.5 Å². The molecule has 0 saturated carbocycles. The van der Waals surface area contributed by atoms with Gasteiger partial charge in [-0.2, -0.15) is 0 Å². The third-order valence-corrected chi connectivity index (χ3v) is 4.39. The van der Waals surface area contributed by atoms with Gasteiger partial charge in [0.1, 0.15) is 12.0 Å². The van der Waals surface area contributed by atoms with Crippen LogP contribution in [0.1, 0.15) is 40.0 Å². The summed E-state index contributed by atoms with van der Waals surface area (Å²) in [4.78, 5) is 60.8. The fourth-order valence-electron chi connectivity index (χ4n) is 3.03. The van der Waals surface area contributed by atoms with Crippen LogP contribution in [0, 0.1) is 11.8 Å². The molecule has 10 heteroatoms. The molecule has 0 aromatic heterocycles. The number of hydrogen-bond acceptors (Lipinski definition) is 6. The fraction of sp³-hybridized carbons (Fsp3) is 0.706. The molecule has 1 rings (SSSR count). The lowest BCUT2D eigenvalue weighted by Crippen LogP contribution is -2.51. The van der Waals surface area contributed by atoms with E-state index < -0.39 is 60.0 Å². The van der Waals surface area contributed by atoms with E-state index in [9.17, 15) is 29.1 Å². The second-order valence-electron chi connectivity index (χ2n) is 7.21. The van der Waals surface area contributed by atoms with Gasteiger partial charge in [0.15, 0.2) is 5.78 Å². The predicted octanol–water partition coefficient (Wildman–Crippen LogP) is -0.790. The van der Waals surface area contributed by atoms with E-state index in [0.717, 1.165) is 4.90 Å². The molecule has 2 amide bonds. The maximum absolute atomic E-state index is 12.7. The molecule has 1 heterocycles. The number of amides is 2. The lowest BCUT2D eigenvalue weighted by molar-refractivity contribution is -0.151. The first-order chi connectivity index (χ1) is 12.5. The summed E-state index contributed by atoms with van der Waals surface area (Å²) in [6, 6.07) is -3.40. The number of aliphatic carboxylic acids is 2. The lowest BCUT2D eigenvalue weighted by atomic mass is 9.94. The highest BCUT2D eigenvalue weighted by Crippen LogP contribution is 2.26. The molecule has 10 nitrogen and oxygen atoms in total. The first kappa shape index (κ1) is 22.6. The highest BCUT2D eigenvalue weighted by Gasteiger charge is 2.44. The van der Waals surface area contributed by atoms with Crippen molar-refractivity contribution in [3.63, 3.8) is 0 Å². The van der Waals surface area contributed by atoms with Gasteiger partial charge in [0.2, 0.25) is 11.8 Å². The molecule has 0 radical (unpaired) electrons. The molecule has 0 aromatic carbocycles. The highest BCUT2D eigenvalue weighted by atomic mass is 16.4. The van der Waals surface area contributed by atoms with Crippen molar-refractivity contribution in [1.82, 2.24) is 10.2 Å². The number of Topliss-reactive ketones (excluding diaryl/α,β-unsaturated/α-hetero) is 1. The van der Waals surface area contributed by atoms with E-state index in [1.54, 1.807) is 0 Å². The molecule has 0 aromatic rings. The van der Waals surface area contributed by atoms with E-state index in [4.69, 9.17) is 10.8 Å². The van der Waals surface area contributed by atoms with Crippen LogP contribution in [0.5, 0.6) is 0 Å². The normalized spacial score (nSPS) is 20.3. The predicted molar refractivity (Wildman–Crippen MR) is 93.5 cm³/mol. The van der Waals surface area contributed by atoms with Gasteiger partial charge in [-0.05, 0) is 25.7 Å². The zero-order chi connectivity index (χ0) is 20.9. The molecule has 1 fully saturated rings. The SMILES string of the molecule is CC(C)C[C@@H](C(=O)O)N1CC[C@H](C(=O)[C@H](CC(=O)O)NC(=O)[C@H](C)N)C1=O. The van der Waals surface area contributed by atoms with Crippen molar-refractivity contribution in [2.45, 2.75) is 58.2 Å². The number of carboxylic acid groups (broad SMARTS) is 2. The largest absolute Gasteiger partial charge is 0.481 e. The number of carbonyl (C=O) groups excluding carboxylic acids is 3. The summed E-state index contributed by atoms with van der Waals surface area (Å²) < 4.78 is 0. The van der Waals surface area contributed by atoms with Crippen LogP contribution in [0.3, 0.4) is 0 Å². The minimum absolute atomic E-state index is 0.0266. The average molecular weight is 385 g/mol. The molecule has 4 atom stereocenters. The Bertz CT molecular complexity index is 618. The van der Waals surface area contributed by atoms with Crippen LogP contribution < -0.4 is 11.1 Å². The first-order valence-corrected chi connectivity index (χ1v) is 8.80. The average Bonchev–Trinajstić information content (AvgIpc) is 2.91. The van der Waals surface area contributed by atoms with Crippen LogP contribution in [0.4, 0.5) is 0 Å². The van der Waals surface area contributed by atoms with Crippen molar-refractivity contribution in [3.05, 3.63) is 0 Å². The topological polar surface area (TPSA) is 167 Å². The molecule has 1 aliphatic rings. The standard InChI is InChI=1S/C17H27N3O7/c1-8(2)6-12(17(26)27)20-5-4-10(16(20)25)14(23)11(7-13(21)22)19-15(24)9(3)18/h8-12H,4-7,18H2,1-3H3,(H,19,24)(H,21,22)(H,26,27)/t9-,10+,11-,12-/m0/s1. The highest BCUT2D eigenvalue weighted by molar-refractivity contribution is 6.07. The minimum atomic E-state index is -1.40. The Balaban J connectivity index is 2.97. The maximum Gasteiger partial charge on any atom is 0.326 e. The molecular weight excluding hydrogens is 358 g/mol. The van der Waals surface area contributed by atoms with Crippen molar-refractivity contribution in [1.29, 1.82) is 0 Å². The van der Waals surface area contributed by atoms with E-state index in [1.165, 1.54) is 6.92 Å². The molecule has 5 N–H and O–H groups in total. The molecule has 152 valence electrons. The summed E-state index contributed by atoms with van der Waals surface area (Å²) in [5.41, 5.74) is 5.43. The number of nitrogens with one attached hydrogen (secondary N) is 1. The van der Waals surface area contributed by atoms with Gasteiger partial charge in [-0.25, -0.2) is 4.79 Å². The molecule has 1 aliphatic heterocycles. The minimum Gasteiger partial charge on any atom is -0.481 e. The van der Waals surface area contributed by atoms with Gasteiger partial charge in [0.25, 0.3) is 0 Å². The Morgan fingerprint density at radius 1 is 1.22 bits per heavy atom. The fourth-order valence-corrected chi connectivity index (χ4v) is 3.03. The number of nitrogens with zero attached hydrogens (tertiary/aromatic N) is 1. The number of likely N-dealkylation sites (tertiary alicyclic amines) is 1. The third kappa shape index (κ3) is 6.02. The molecule has 1 saturated heterocycles. The van der Waals surface area contributed by atoms with Crippen molar-refractivity contribution in [2.75, 3.05) is 6.54 Å². The van der Waals surface area contributed by atoms with Gasteiger partial charge in [-0.15, -0.1) is 0 Å².